The van der Waals surface area contributed by atoms with Crippen molar-refractivity contribution in [3.8, 4) is 0 Å². The van der Waals surface area contributed by atoms with Crippen LogP contribution in [0, 0.1) is 13.8 Å². The van der Waals surface area contributed by atoms with E-state index in [2.05, 4.69) is 6.07 Å². The summed E-state index contributed by atoms with van der Waals surface area (Å²) < 4.78 is 0. The van der Waals surface area contributed by atoms with E-state index in [1.54, 1.807) is 0 Å². The van der Waals surface area contributed by atoms with Crippen LogP contribution >= 0.6 is 0 Å². The lowest BCUT2D eigenvalue weighted by Crippen LogP contribution is -2.03. The molecule has 2 aromatic carbocycles. The third-order valence-corrected chi connectivity index (χ3v) is 3.30. The average molecular weight is 253 g/mol. The molecule has 2 N–H and O–H groups in total. The highest BCUT2D eigenvalue weighted by atomic mass is 16.1. The van der Waals surface area contributed by atoms with Crippen LogP contribution in [0.2, 0.25) is 0 Å². The molecule has 0 radical (unpaired) electrons. The normalized spacial score (nSPS) is 10.4. The van der Waals surface area contributed by atoms with Gasteiger partial charge in [-0.25, -0.2) is 0 Å². The fourth-order valence-corrected chi connectivity index (χ4v) is 2.20. The number of ketones is 1. The lowest BCUT2D eigenvalue weighted by atomic mass is 9.98. The van der Waals surface area contributed by atoms with Gasteiger partial charge in [-0.15, -0.1) is 0 Å². The van der Waals surface area contributed by atoms with Crippen LogP contribution in [0.4, 0.5) is 5.69 Å². The first kappa shape index (κ1) is 13.3. The van der Waals surface area contributed by atoms with Gasteiger partial charge in [0.15, 0.2) is 5.78 Å². The van der Waals surface area contributed by atoms with Gasteiger partial charge in [-0.3, -0.25) is 4.79 Å². The Balaban J connectivity index is 2.03. The van der Waals surface area contributed by atoms with E-state index in [4.69, 9.17) is 5.73 Å². The predicted molar refractivity (Wildman–Crippen MR) is 79.4 cm³/mol. The van der Waals surface area contributed by atoms with E-state index in [9.17, 15) is 4.79 Å². The molecule has 0 amide bonds. The van der Waals surface area contributed by atoms with Crippen molar-refractivity contribution in [1.82, 2.24) is 0 Å². The molecule has 2 heteroatoms. The Morgan fingerprint density at radius 2 is 1.74 bits per heavy atom. The van der Waals surface area contributed by atoms with E-state index in [1.807, 2.05) is 50.2 Å². The summed E-state index contributed by atoms with van der Waals surface area (Å²) >= 11 is 0. The molecule has 0 aliphatic carbocycles. The van der Waals surface area contributed by atoms with E-state index in [0.29, 0.717) is 6.42 Å². The van der Waals surface area contributed by atoms with Crippen molar-refractivity contribution in [2.24, 2.45) is 0 Å². The predicted octanol–water partition coefficient (Wildman–Crippen LogP) is 3.70. The average Bonchev–Trinajstić information content (AvgIpc) is 2.37. The SMILES string of the molecule is Cc1ccc(C(=O)CCc2ccc(N)cc2)c(C)c1. The molecule has 0 spiro atoms. The van der Waals surface area contributed by atoms with Crippen molar-refractivity contribution >= 4 is 11.5 Å². The van der Waals surface area contributed by atoms with Crippen molar-refractivity contribution in [3.05, 3.63) is 64.7 Å². The summed E-state index contributed by atoms with van der Waals surface area (Å²) in [6.45, 7) is 4.03. The Bertz CT molecular complexity index is 585. The summed E-state index contributed by atoms with van der Waals surface area (Å²) in [6.07, 6.45) is 1.29. The Hall–Kier alpha value is -2.09. The second-order valence-corrected chi connectivity index (χ2v) is 4.98. The third kappa shape index (κ3) is 3.44. The maximum Gasteiger partial charge on any atom is 0.163 e. The van der Waals surface area contributed by atoms with Gasteiger partial charge < -0.3 is 5.73 Å². The topological polar surface area (TPSA) is 43.1 Å². The van der Waals surface area contributed by atoms with E-state index in [0.717, 1.165) is 28.8 Å². The quantitative estimate of drug-likeness (QED) is 0.667. The highest BCUT2D eigenvalue weighted by Gasteiger charge is 2.09. The Labute approximate surface area is 114 Å². The second kappa shape index (κ2) is 5.70. The van der Waals surface area contributed by atoms with Crippen molar-refractivity contribution in [2.45, 2.75) is 26.7 Å². The van der Waals surface area contributed by atoms with Gasteiger partial charge in [0.1, 0.15) is 0 Å². The summed E-state index contributed by atoms with van der Waals surface area (Å²) in [5.41, 5.74) is 10.6. The first-order valence-electron chi connectivity index (χ1n) is 6.51. The maximum absolute atomic E-state index is 12.2. The number of Topliss-reactive ketones (excluding diaryl/α,β-unsaturated/α-hetero) is 1. The molecule has 0 saturated carbocycles. The molecule has 0 saturated heterocycles. The third-order valence-electron chi connectivity index (χ3n) is 3.30. The largest absolute Gasteiger partial charge is 0.399 e. The number of carbonyl (C=O) groups is 1. The van der Waals surface area contributed by atoms with Gasteiger partial charge in [0.2, 0.25) is 0 Å². The summed E-state index contributed by atoms with van der Waals surface area (Å²) in [7, 11) is 0. The zero-order valence-corrected chi connectivity index (χ0v) is 11.4. The van der Waals surface area contributed by atoms with Gasteiger partial charge in [-0.2, -0.15) is 0 Å². The number of carbonyl (C=O) groups excluding carboxylic acids is 1. The zero-order chi connectivity index (χ0) is 13.8. The van der Waals surface area contributed by atoms with Crippen molar-refractivity contribution in [2.75, 3.05) is 5.73 Å². The standard InChI is InChI=1S/C17H19NO/c1-12-3-9-16(13(2)11-12)17(19)10-6-14-4-7-15(18)8-5-14/h3-5,7-9,11H,6,10,18H2,1-2H3. The maximum atomic E-state index is 12.2. The number of nitrogen functional groups attached to an aromatic ring is 1. The minimum absolute atomic E-state index is 0.203. The number of hydrogen-bond acceptors (Lipinski definition) is 2. The van der Waals surface area contributed by atoms with Crippen LogP contribution in [0.1, 0.15) is 33.5 Å². The van der Waals surface area contributed by atoms with E-state index < -0.39 is 0 Å². The van der Waals surface area contributed by atoms with Crippen LogP contribution in [0.15, 0.2) is 42.5 Å². The summed E-state index contributed by atoms with van der Waals surface area (Å²) in [5, 5.41) is 0. The van der Waals surface area contributed by atoms with Crippen molar-refractivity contribution < 1.29 is 4.79 Å². The van der Waals surface area contributed by atoms with Gasteiger partial charge in [-0.05, 0) is 43.5 Å². The van der Waals surface area contributed by atoms with Crippen LogP contribution in [-0.4, -0.2) is 5.78 Å². The molecule has 0 heterocycles. The van der Waals surface area contributed by atoms with E-state index >= 15 is 0 Å². The van der Waals surface area contributed by atoms with Crippen molar-refractivity contribution in [1.29, 1.82) is 0 Å². The highest BCUT2D eigenvalue weighted by Crippen LogP contribution is 2.15. The molecule has 0 bridgehead atoms. The van der Waals surface area contributed by atoms with Gasteiger partial charge >= 0.3 is 0 Å². The second-order valence-electron chi connectivity index (χ2n) is 4.98. The number of rotatable bonds is 4. The molecule has 0 aromatic heterocycles. The molecule has 0 fully saturated rings. The lowest BCUT2D eigenvalue weighted by Gasteiger charge is -2.06. The van der Waals surface area contributed by atoms with Gasteiger partial charge in [-0.1, -0.05) is 35.9 Å². The molecule has 0 aliphatic rings. The number of benzene rings is 2. The molecule has 2 aromatic rings. The van der Waals surface area contributed by atoms with Gasteiger partial charge in [0.25, 0.3) is 0 Å². The first-order chi connectivity index (χ1) is 9.06. The molecule has 0 atom stereocenters. The molecule has 2 rings (SSSR count). The minimum Gasteiger partial charge on any atom is -0.399 e. The Kier molecular flexibility index (Phi) is 4.00. The molecule has 98 valence electrons. The molecule has 0 unspecified atom stereocenters. The molecule has 2 nitrogen and oxygen atoms in total. The summed E-state index contributed by atoms with van der Waals surface area (Å²) in [5.74, 6) is 0.203. The fourth-order valence-electron chi connectivity index (χ4n) is 2.20. The number of nitrogens with two attached hydrogens (primary N) is 1. The highest BCUT2D eigenvalue weighted by molar-refractivity contribution is 5.97. The Morgan fingerprint density at radius 3 is 2.37 bits per heavy atom. The van der Waals surface area contributed by atoms with Crippen LogP contribution in [-0.2, 0) is 6.42 Å². The van der Waals surface area contributed by atoms with Crippen LogP contribution in [0.3, 0.4) is 0 Å². The first-order valence-corrected chi connectivity index (χ1v) is 6.51. The van der Waals surface area contributed by atoms with Crippen LogP contribution < -0.4 is 5.73 Å². The smallest absolute Gasteiger partial charge is 0.163 e. The van der Waals surface area contributed by atoms with Gasteiger partial charge in [0.05, 0.1) is 0 Å². The number of aryl methyl sites for hydroxylation is 3. The van der Waals surface area contributed by atoms with Gasteiger partial charge in [0, 0.05) is 17.7 Å². The molecular formula is C17H19NO. The number of anilines is 1. The fraction of sp³-hybridized carbons (Fsp3) is 0.235. The van der Waals surface area contributed by atoms with Crippen molar-refractivity contribution in [3.63, 3.8) is 0 Å². The van der Waals surface area contributed by atoms with E-state index in [1.165, 1.54) is 5.56 Å². The molecule has 0 aliphatic heterocycles. The summed E-state index contributed by atoms with van der Waals surface area (Å²) in [4.78, 5) is 12.2. The zero-order valence-electron chi connectivity index (χ0n) is 11.4. The summed E-state index contributed by atoms with van der Waals surface area (Å²) in [6, 6.07) is 13.7. The number of hydrogen-bond donors (Lipinski definition) is 1. The van der Waals surface area contributed by atoms with E-state index in [-0.39, 0.29) is 5.78 Å². The minimum atomic E-state index is 0.203. The molecule has 19 heavy (non-hydrogen) atoms. The van der Waals surface area contributed by atoms with Crippen LogP contribution in [0.25, 0.3) is 0 Å². The lowest BCUT2D eigenvalue weighted by molar-refractivity contribution is 0.0982. The Morgan fingerprint density at radius 1 is 1.05 bits per heavy atom. The monoisotopic (exact) mass is 253 g/mol. The molecular weight excluding hydrogens is 234 g/mol. The van der Waals surface area contributed by atoms with Crippen LogP contribution in [0.5, 0.6) is 0 Å².